The summed E-state index contributed by atoms with van der Waals surface area (Å²) >= 11 is 6.04. The number of ether oxygens (including phenoxy) is 2. The van der Waals surface area contributed by atoms with Crippen LogP contribution in [0.4, 0.5) is 0 Å². The van der Waals surface area contributed by atoms with E-state index in [9.17, 15) is 4.79 Å². The highest BCUT2D eigenvalue weighted by molar-refractivity contribution is 6.30. The molecule has 3 nitrogen and oxygen atoms in total. The maximum atomic E-state index is 11.5. The molecule has 0 radical (unpaired) electrons. The van der Waals surface area contributed by atoms with Crippen LogP contribution in [0, 0.1) is 5.92 Å². The molecule has 1 aliphatic rings. The summed E-state index contributed by atoms with van der Waals surface area (Å²) in [6, 6.07) is 5.54. The van der Waals surface area contributed by atoms with E-state index in [1.807, 2.05) is 12.1 Å². The topological polar surface area (TPSA) is 35.5 Å². The van der Waals surface area contributed by atoms with Crippen molar-refractivity contribution in [2.24, 2.45) is 5.92 Å². The van der Waals surface area contributed by atoms with Gasteiger partial charge in [0.2, 0.25) is 0 Å². The minimum Gasteiger partial charge on any atom is -0.496 e. The molecular weight excluding hydrogens is 252 g/mol. The zero-order valence-corrected chi connectivity index (χ0v) is 11.4. The van der Waals surface area contributed by atoms with Crippen LogP contribution < -0.4 is 4.74 Å². The Morgan fingerprint density at radius 3 is 2.72 bits per heavy atom. The zero-order chi connectivity index (χ0) is 13.1. The molecule has 2 rings (SSSR count). The van der Waals surface area contributed by atoms with Crippen LogP contribution in [0.2, 0.25) is 5.02 Å². The number of rotatable bonds is 5. The lowest BCUT2D eigenvalue weighted by molar-refractivity contribution is -0.141. The summed E-state index contributed by atoms with van der Waals surface area (Å²) in [6.45, 7) is 0. The summed E-state index contributed by atoms with van der Waals surface area (Å²) in [5.41, 5.74) is 1.01. The van der Waals surface area contributed by atoms with Crippen LogP contribution in [0.25, 0.3) is 0 Å². The highest BCUT2D eigenvalue weighted by Gasteiger charge is 2.35. The van der Waals surface area contributed by atoms with Gasteiger partial charge in [-0.1, -0.05) is 11.6 Å². The highest BCUT2D eigenvalue weighted by Crippen LogP contribution is 2.47. The van der Waals surface area contributed by atoms with Gasteiger partial charge < -0.3 is 9.47 Å². The number of hydrogen-bond acceptors (Lipinski definition) is 3. The quantitative estimate of drug-likeness (QED) is 0.768. The van der Waals surface area contributed by atoms with Crippen molar-refractivity contribution in [3.63, 3.8) is 0 Å². The lowest BCUT2D eigenvalue weighted by atomic mass is 9.90. The Hall–Kier alpha value is -1.22. The standard InChI is InChI=1S/C14H17ClO3/c1-17-13-6-5-10(15)7-12(13)11(9-3-4-9)8-14(16)18-2/h5-7,9,11H,3-4,8H2,1-2H3. The van der Waals surface area contributed by atoms with E-state index in [0.29, 0.717) is 17.4 Å². The van der Waals surface area contributed by atoms with Gasteiger partial charge in [0, 0.05) is 10.9 Å². The first-order valence-corrected chi connectivity index (χ1v) is 6.43. The van der Waals surface area contributed by atoms with Crippen molar-refractivity contribution < 1.29 is 14.3 Å². The van der Waals surface area contributed by atoms with Crippen molar-refractivity contribution in [1.82, 2.24) is 0 Å². The molecule has 1 atom stereocenters. The lowest BCUT2D eigenvalue weighted by Crippen LogP contribution is -2.11. The van der Waals surface area contributed by atoms with Gasteiger partial charge in [-0.2, -0.15) is 0 Å². The SMILES string of the molecule is COC(=O)CC(c1cc(Cl)ccc1OC)C1CC1. The molecule has 0 bridgehead atoms. The van der Waals surface area contributed by atoms with E-state index in [4.69, 9.17) is 21.1 Å². The van der Waals surface area contributed by atoms with Crippen LogP contribution in [0.5, 0.6) is 5.75 Å². The van der Waals surface area contributed by atoms with Crippen molar-refractivity contribution in [2.45, 2.75) is 25.2 Å². The Balaban J connectivity index is 2.29. The molecule has 0 N–H and O–H groups in total. The molecule has 1 fully saturated rings. The molecule has 0 aromatic heterocycles. The Kier molecular flexibility index (Phi) is 4.12. The molecule has 18 heavy (non-hydrogen) atoms. The molecule has 1 aliphatic carbocycles. The zero-order valence-electron chi connectivity index (χ0n) is 10.6. The average molecular weight is 269 g/mol. The van der Waals surface area contributed by atoms with E-state index >= 15 is 0 Å². The van der Waals surface area contributed by atoms with Crippen LogP contribution >= 0.6 is 11.6 Å². The number of methoxy groups -OCH3 is 2. The largest absolute Gasteiger partial charge is 0.496 e. The molecular formula is C14H17ClO3. The maximum Gasteiger partial charge on any atom is 0.306 e. The third kappa shape index (κ3) is 2.96. The number of halogens is 1. The average Bonchev–Trinajstić information content (AvgIpc) is 3.19. The molecule has 1 aromatic carbocycles. The van der Waals surface area contributed by atoms with Crippen molar-refractivity contribution >= 4 is 17.6 Å². The minimum atomic E-state index is -0.186. The predicted molar refractivity (Wildman–Crippen MR) is 70.1 cm³/mol. The fourth-order valence-electron chi connectivity index (χ4n) is 2.29. The lowest BCUT2D eigenvalue weighted by Gasteiger charge is -2.18. The van der Waals surface area contributed by atoms with Crippen LogP contribution in [-0.2, 0) is 9.53 Å². The summed E-state index contributed by atoms with van der Waals surface area (Å²) in [5.74, 6) is 1.29. The second kappa shape index (κ2) is 5.61. The van der Waals surface area contributed by atoms with E-state index in [2.05, 4.69) is 0 Å². The molecule has 1 saturated carbocycles. The molecule has 1 unspecified atom stereocenters. The number of esters is 1. The van der Waals surface area contributed by atoms with Crippen molar-refractivity contribution in [2.75, 3.05) is 14.2 Å². The second-order valence-corrected chi connectivity index (χ2v) is 5.05. The van der Waals surface area contributed by atoms with Gasteiger partial charge in [0.25, 0.3) is 0 Å². The second-order valence-electron chi connectivity index (χ2n) is 4.61. The molecule has 0 heterocycles. The first kappa shape index (κ1) is 13.2. The summed E-state index contributed by atoms with van der Waals surface area (Å²) in [7, 11) is 3.05. The molecule has 0 spiro atoms. The van der Waals surface area contributed by atoms with Crippen molar-refractivity contribution in [3.8, 4) is 5.75 Å². The van der Waals surface area contributed by atoms with E-state index in [1.54, 1.807) is 13.2 Å². The maximum absolute atomic E-state index is 11.5. The Bertz CT molecular complexity index is 441. The van der Waals surface area contributed by atoms with Crippen LogP contribution in [0.1, 0.15) is 30.7 Å². The van der Waals surface area contributed by atoms with E-state index < -0.39 is 0 Å². The third-order valence-electron chi connectivity index (χ3n) is 3.40. The van der Waals surface area contributed by atoms with Crippen molar-refractivity contribution in [1.29, 1.82) is 0 Å². The number of carbonyl (C=O) groups excluding carboxylic acids is 1. The van der Waals surface area contributed by atoms with E-state index in [1.165, 1.54) is 7.11 Å². The molecule has 1 aromatic rings. The summed E-state index contributed by atoms with van der Waals surface area (Å²) in [5, 5.41) is 0.668. The Labute approximate surface area is 112 Å². The smallest absolute Gasteiger partial charge is 0.306 e. The van der Waals surface area contributed by atoms with Crippen LogP contribution in [0.15, 0.2) is 18.2 Å². The summed E-state index contributed by atoms with van der Waals surface area (Å²) in [6.07, 6.45) is 2.69. The molecule has 0 saturated heterocycles. The minimum absolute atomic E-state index is 0.145. The van der Waals surface area contributed by atoms with Gasteiger partial charge in [0.15, 0.2) is 0 Å². The number of carbonyl (C=O) groups is 1. The fourth-order valence-corrected chi connectivity index (χ4v) is 2.47. The first-order chi connectivity index (χ1) is 8.65. The predicted octanol–water partition coefficient (Wildman–Crippen LogP) is 3.41. The summed E-state index contributed by atoms with van der Waals surface area (Å²) in [4.78, 5) is 11.5. The van der Waals surface area contributed by atoms with Gasteiger partial charge in [0.05, 0.1) is 20.6 Å². The third-order valence-corrected chi connectivity index (χ3v) is 3.63. The molecule has 0 amide bonds. The molecule has 4 heteroatoms. The molecule has 98 valence electrons. The van der Waals surface area contributed by atoms with Gasteiger partial charge >= 0.3 is 5.97 Å². The fraction of sp³-hybridized carbons (Fsp3) is 0.500. The van der Waals surface area contributed by atoms with Gasteiger partial charge in [-0.15, -0.1) is 0 Å². The molecule has 0 aliphatic heterocycles. The first-order valence-electron chi connectivity index (χ1n) is 6.06. The van der Waals surface area contributed by atoms with E-state index in [0.717, 1.165) is 24.2 Å². The van der Waals surface area contributed by atoms with Crippen molar-refractivity contribution in [3.05, 3.63) is 28.8 Å². The summed E-state index contributed by atoms with van der Waals surface area (Å²) < 4.78 is 10.1. The van der Waals surface area contributed by atoms with Gasteiger partial charge in [0.1, 0.15) is 5.75 Å². The van der Waals surface area contributed by atoms with E-state index in [-0.39, 0.29) is 11.9 Å². The van der Waals surface area contributed by atoms with Crippen LogP contribution in [0.3, 0.4) is 0 Å². The number of hydrogen-bond donors (Lipinski definition) is 0. The normalized spacial score (nSPS) is 16.2. The van der Waals surface area contributed by atoms with Gasteiger partial charge in [-0.05, 0) is 42.5 Å². The van der Waals surface area contributed by atoms with Gasteiger partial charge in [-0.3, -0.25) is 4.79 Å². The Morgan fingerprint density at radius 1 is 1.44 bits per heavy atom. The number of benzene rings is 1. The Morgan fingerprint density at radius 2 is 2.17 bits per heavy atom. The van der Waals surface area contributed by atoms with Crippen LogP contribution in [-0.4, -0.2) is 20.2 Å². The monoisotopic (exact) mass is 268 g/mol. The van der Waals surface area contributed by atoms with Gasteiger partial charge in [-0.25, -0.2) is 0 Å². The highest BCUT2D eigenvalue weighted by atomic mass is 35.5.